The van der Waals surface area contributed by atoms with E-state index >= 15 is 0 Å². The number of rotatable bonds is 5. The van der Waals surface area contributed by atoms with Crippen molar-refractivity contribution in [3.63, 3.8) is 0 Å². The van der Waals surface area contributed by atoms with E-state index in [1.165, 1.54) is 0 Å². The van der Waals surface area contributed by atoms with Crippen molar-refractivity contribution in [2.24, 2.45) is 0 Å². The molecule has 0 heterocycles. The first-order valence-corrected chi connectivity index (χ1v) is 8.42. The van der Waals surface area contributed by atoms with Crippen molar-refractivity contribution in [1.82, 2.24) is 0 Å². The highest BCUT2D eigenvalue weighted by Crippen LogP contribution is 2.40. The molecule has 1 amide bonds. The molecule has 1 N–H and O–H groups in total. The molecule has 2 aromatic rings. The molecule has 0 saturated carbocycles. The molecule has 0 aliphatic rings. The molecule has 0 aliphatic carbocycles. The summed E-state index contributed by atoms with van der Waals surface area (Å²) < 4.78 is 0. The van der Waals surface area contributed by atoms with Gasteiger partial charge in [-0.2, -0.15) is 0 Å². The summed E-state index contributed by atoms with van der Waals surface area (Å²) in [6, 6.07) is 10.7. The highest BCUT2D eigenvalue weighted by Gasteiger charge is 2.28. The Hall–Kier alpha value is -2.69. The molecule has 0 radical (unpaired) electrons. The lowest BCUT2D eigenvalue weighted by Crippen LogP contribution is -2.15. The largest absolute Gasteiger partial charge is 0.322 e. The summed E-state index contributed by atoms with van der Waals surface area (Å²) in [5.41, 5.74) is 3.42. The molecule has 2 rings (SSSR count). The average molecular weight is 340 g/mol. The Balaban J connectivity index is 2.59. The Kier molecular flexibility index (Phi) is 5.57. The van der Waals surface area contributed by atoms with Gasteiger partial charge in [-0.15, -0.1) is 0 Å². The minimum Gasteiger partial charge on any atom is -0.322 e. The number of nitro benzene ring substituents is 1. The van der Waals surface area contributed by atoms with Crippen molar-refractivity contribution >= 4 is 17.3 Å². The molecule has 0 bridgehead atoms. The number of amides is 1. The van der Waals surface area contributed by atoms with Crippen LogP contribution < -0.4 is 5.32 Å². The lowest BCUT2D eigenvalue weighted by molar-refractivity contribution is -0.386. The number of anilines is 1. The third-order valence-corrected chi connectivity index (χ3v) is 4.30. The van der Waals surface area contributed by atoms with Gasteiger partial charge in [-0.05, 0) is 42.5 Å². The molecule has 0 unspecified atom stereocenters. The summed E-state index contributed by atoms with van der Waals surface area (Å²) >= 11 is 0. The summed E-state index contributed by atoms with van der Waals surface area (Å²) in [4.78, 5) is 23.9. The van der Waals surface area contributed by atoms with Gasteiger partial charge in [0, 0.05) is 22.4 Å². The zero-order valence-electron chi connectivity index (χ0n) is 15.3. The van der Waals surface area contributed by atoms with Crippen LogP contribution in [0.25, 0.3) is 0 Å². The van der Waals surface area contributed by atoms with E-state index in [0.29, 0.717) is 22.4 Å². The van der Waals surface area contributed by atoms with Crippen LogP contribution in [-0.2, 0) is 0 Å². The van der Waals surface area contributed by atoms with E-state index in [1.54, 1.807) is 30.3 Å². The van der Waals surface area contributed by atoms with Crippen LogP contribution in [0.5, 0.6) is 0 Å². The zero-order chi connectivity index (χ0) is 18.7. The van der Waals surface area contributed by atoms with Gasteiger partial charge in [-0.3, -0.25) is 14.9 Å². The molecule has 0 atom stereocenters. The molecule has 0 aliphatic heterocycles. The first-order chi connectivity index (χ1) is 11.7. The third-order valence-electron chi connectivity index (χ3n) is 4.30. The number of carbonyl (C=O) groups is 1. The van der Waals surface area contributed by atoms with Gasteiger partial charge >= 0.3 is 0 Å². The molecule has 5 nitrogen and oxygen atoms in total. The van der Waals surface area contributed by atoms with Crippen LogP contribution in [0, 0.1) is 17.0 Å². The van der Waals surface area contributed by atoms with Crippen molar-refractivity contribution in [3.8, 4) is 0 Å². The number of nitrogens with zero attached hydrogens (tertiary/aromatic N) is 1. The molecule has 0 saturated heterocycles. The van der Waals surface area contributed by atoms with E-state index in [1.807, 2.05) is 40.7 Å². The van der Waals surface area contributed by atoms with Gasteiger partial charge in [-0.1, -0.05) is 45.9 Å². The van der Waals surface area contributed by atoms with Gasteiger partial charge in [0.2, 0.25) is 0 Å². The van der Waals surface area contributed by atoms with E-state index in [4.69, 9.17) is 0 Å². The van der Waals surface area contributed by atoms with Crippen molar-refractivity contribution in [3.05, 3.63) is 68.8 Å². The topological polar surface area (TPSA) is 72.2 Å². The van der Waals surface area contributed by atoms with Crippen LogP contribution in [0.2, 0.25) is 0 Å². The highest BCUT2D eigenvalue weighted by molar-refractivity contribution is 6.04. The van der Waals surface area contributed by atoms with Crippen LogP contribution in [0.3, 0.4) is 0 Å². The molecule has 132 valence electrons. The second-order valence-corrected chi connectivity index (χ2v) is 6.79. The van der Waals surface area contributed by atoms with Gasteiger partial charge in [-0.25, -0.2) is 0 Å². The standard InChI is InChI=1S/C20H24N2O3/c1-12(2)16-11-17(21-20(23)15-9-7-6-8-10-15)14(5)18(13(3)4)19(16)22(24)25/h6-13H,1-5H3,(H,21,23). The lowest BCUT2D eigenvalue weighted by Gasteiger charge is -2.20. The van der Waals surface area contributed by atoms with E-state index in [-0.39, 0.29) is 28.4 Å². The first kappa shape index (κ1) is 18.6. The molecule has 25 heavy (non-hydrogen) atoms. The van der Waals surface area contributed by atoms with Gasteiger partial charge in [0.25, 0.3) is 11.6 Å². The SMILES string of the molecule is Cc1c(NC(=O)c2ccccc2)cc(C(C)C)c([N+](=O)[O-])c1C(C)C. The van der Waals surface area contributed by atoms with Crippen LogP contribution in [-0.4, -0.2) is 10.8 Å². The minimum atomic E-state index is -0.305. The van der Waals surface area contributed by atoms with Crippen LogP contribution >= 0.6 is 0 Å². The number of benzene rings is 2. The molecule has 0 aromatic heterocycles. The third kappa shape index (κ3) is 3.87. The van der Waals surface area contributed by atoms with Gasteiger partial charge in [0.1, 0.15) is 0 Å². The van der Waals surface area contributed by atoms with Crippen molar-refractivity contribution in [1.29, 1.82) is 0 Å². The van der Waals surface area contributed by atoms with E-state index in [2.05, 4.69) is 5.32 Å². The van der Waals surface area contributed by atoms with Crippen LogP contribution in [0.15, 0.2) is 36.4 Å². The maximum atomic E-state index is 12.5. The monoisotopic (exact) mass is 340 g/mol. The molecule has 0 spiro atoms. The zero-order valence-corrected chi connectivity index (χ0v) is 15.3. The number of hydrogen-bond donors (Lipinski definition) is 1. The normalized spacial score (nSPS) is 11.0. The molecule has 0 fully saturated rings. The molecule has 5 heteroatoms. The number of nitro groups is 1. The second-order valence-electron chi connectivity index (χ2n) is 6.79. The Morgan fingerprint density at radius 2 is 1.68 bits per heavy atom. The van der Waals surface area contributed by atoms with Crippen LogP contribution in [0.4, 0.5) is 11.4 Å². The first-order valence-electron chi connectivity index (χ1n) is 8.42. The number of carbonyl (C=O) groups excluding carboxylic acids is 1. The molecular weight excluding hydrogens is 316 g/mol. The number of nitrogens with one attached hydrogen (secondary N) is 1. The van der Waals surface area contributed by atoms with Crippen LogP contribution in [0.1, 0.15) is 66.6 Å². The van der Waals surface area contributed by atoms with Gasteiger partial charge in [0.05, 0.1) is 4.92 Å². The minimum absolute atomic E-state index is 0.0218. The quantitative estimate of drug-likeness (QED) is 0.585. The lowest BCUT2D eigenvalue weighted by atomic mass is 9.88. The van der Waals surface area contributed by atoms with Crippen molar-refractivity contribution in [2.45, 2.75) is 46.5 Å². The predicted molar refractivity (Wildman–Crippen MR) is 100 cm³/mol. The summed E-state index contributed by atoms with van der Waals surface area (Å²) in [7, 11) is 0. The van der Waals surface area contributed by atoms with Gasteiger partial charge in [0.15, 0.2) is 0 Å². The van der Waals surface area contributed by atoms with Crippen molar-refractivity contribution < 1.29 is 9.72 Å². The summed E-state index contributed by atoms with van der Waals surface area (Å²) in [5.74, 6) is -0.265. The number of hydrogen-bond acceptors (Lipinski definition) is 3. The Bertz CT molecular complexity index is 796. The summed E-state index contributed by atoms with van der Waals surface area (Å²) in [6.45, 7) is 9.53. The maximum absolute atomic E-state index is 12.5. The average Bonchev–Trinajstić information content (AvgIpc) is 2.56. The van der Waals surface area contributed by atoms with E-state index in [0.717, 1.165) is 5.56 Å². The smallest absolute Gasteiger partial charge is 0.276 e. The van der Waals surface area contributed by atoms with E-state index < -0.39 is 0 Å². The fraction of sp³-hybridized carbons (Fsp3) is 0.350. The Labute approximate surface area is 148 Å². The second kappa shape index (κ2) is 7.47. The molecule has 2 aromatic carbocycles. The summed E-state index contributed by atoms with van der Waals surface area (Å²) in [6.07, 6.45) is 0. The van der Waals surface area contributed by atoms with Gasteiger partial charge < -0.3 is 5.32 Å². The summed E-state index contributed by atoms with van der Waals surface area (Å²) in [5, 5.41) is 14.6. The predicted octanol–water partition coefficient (Wildman–Crippen LogP) is 5.40. The van der Waals surface area contributed by atoms with E-state index in [9.17, 15) is 14.9 Å². The highest BCUT2D eigenvalue weighted by atomic mass is 16.6. The van der Waals surface area contributed by atoms with Crippen molar-refractivity contribution in [2.75, 3.05) is 5.32 Å². The Morgan fingerprint density at radius 3 is 2.16 bits per heavy atom. The fourth-order valence-electron chi connectivity index (χ4n) is 3.07. The molecular formula is C20H24N2O3. The fourth-order valence-corrected chi connectivity index (χ4v) is 3.07. The Morgan fingerprint density at radius 1 is 1.08 bits per heavy atom. The maximum Gasteiger partial charge on any atom is 0.276 e.